The first-order chi connectivity index (χ1) is 13.5. The standard InChI is InChI=1S/C22H24Cl2O4/c1-3-26-21(22(25)27-4-2)14-16-7-9-20(10-8-16)28-11-5-6-17-12-18(23)15-19(24)13-17/h5-10,12-13,15,21H,3-4,11,14H2,1-2H3/b6-5-. The number of carbonyl (C=O) groups is 1. The molecule has 0 spiro atoms. The fourth-order valence-electron chi connectivity index (χ4n) is 2.58. The minimum atomic E-state index is -0.593. The van der Waals surface area contributed by atoms with Crippen molar-refractivity contribution in [2.24, 2.45) is 0 Å². The number of rotatable bonds is 10. The molecule has 6 heteroatoms. The van der Waals surface area contributed by atoms with Crippen molar-refractivity contribution < 1.29 is 19.0 Å². The smallest absolute Gasteiger partial charge is 0.335 e. The second-order valence-corrected chi connectivity index (χ2v) is 6.83. The second-order valence-electron chi connectivity index (χ2n) is 5.96. The Balaban J connectivity index is 1.87. The molecule has 2 aromatic rings. The molecule has 0 heterocycles. The molecular weight excluding hydrogens is 399 g/mol. The van der Waals surface area contributed by atoms with Gasteiger partial charge in [-0.3, -0.25) is 0 Å². The molecule has 1 unspecified atom stereocenters. The van der Waals surface area contributed by atoms with E-state index >= 15 is 0 Å². The molecule has 0 aliphatic carbocycles. The van der Waals surface area contributed by atoms with E-state index in [-0.39, 0.29) is 5.97 Å². The van der Waals surface area contributed by atoms with Crippen LogP contribution in [0.4, 0.5) is 0 Å². The van der Waals surface area contributed by atoms with Crippen LogP contribution in [-0.2, 0) is 20.7 Å². The van der Waals surface area contributed by atoms with Gasteiger partial charge in [0.2, 0.25) is 0 Å². The van der Waals surface area contributed by atoms with Gasteiger partial charge in [-0.15, -0.1) is 0 Å². The van der Waals surface area contributed by atoms with Crippen molar-refractivity contribution in [1.82, 2.24) is 0 Å². The Morgan fingerprint density at radius 1 is 1.04 bits per heavy atom. The summed E-state index contributed by atoms with van der Waals surface area (Å²) in [4.78, 5) is 11.9. The maximum absolute atomic E-state index is 11.9. The number of benzene rings is 2. The molecular formula is C22H24Cl2O4. The number of halogens is 2. The van der Waals surface area contributed by atoms with Crippen LogP contribution in [0.1, 0.15) is 25.0 Å². The van der Waals surface area contributed by atoms with E-state index in [1.807, 2.05) is 55.5 Å². The van der Waals surface area contributed by atoms with Gasteiger partial charge in [0.15, 0.2) is 6.10 Å². The van der Waals surface area contributed by atoms with E-state index in [2.05, 4.69) is 0 Å². The van der Waals surface area contributed by atoms with Crippen LogP contribution in [0.15, 0.2) is 48.5 Å². The molecule has 2 rings (SSSR count). The maximum Gasteiger partial charge on any atom is 0.335 e. The summed E-state index contributed by atoms with van der Waals surface area (Å²) in [6, 6.07) is 12.9. The summed E-state index contributed by atoms with van der Waals surface area (Å²) in [5.41, 5.74) is 1.89. The van der Waals surface area contributed by atoms with Crippen LogP contribution in [0.3, 0.4) is 0 Å². The topological polar surface area (TPSA) is 44.8 Å². The zero-order valence-corrected chi connectivity index (χ0v) is 17.5. The lowest BCUT2D eigenvalue weighted by Crippen LogP contribution is -2.28. The number of carbonyl (C=O) groups excluding carboxylic acids is 1. The lowest BCUT2D eigenvalue weighted by molar-refractivity contribution is -0.156. The molecule has 0 saturated carbocycles. The molecule has 0 radical (unpaired) electrons. The largest absolute Gasteiger partial charge is 0.490 e. The van der Waals surface area contributed by atoms with Crippen molar-refractivity contribution in [3.8, 4) is 5.75 Å². The van der Waals surface area contributed by atoms with Crippen LogP contribution >= 0.6 is 23.2 Å². The van der Waals surface area contributed by atoms with Gasteiger partial charge in [-0.25, -0.2) is 4.79 Å². The average Bonchev–Trinajstić information content (AvgIpc) is 2.65. The normalized spacial score (nSPS) is 12.1. The van der Waals surface area contributed by atoms with Gasteiger partial charge in [-0.2, -0.15) is 0 Å². The zero-order chi connectivity index (χ0) is 20.4. The highest BCUT2D eigenvalue weighted by atomic mass is 35.5. The Kier molecular flexibility index (Phi) is 9.35. The van der Waals surface area contributed by atoms with Gasteiger partial charge in [0.1, 0.15) is 12.4 Å². The molecule has 150 valence electrons. The fourth-order valence-corrected chi connectivity index (χ4v) is 3.13. The second kappa shape index (κ2) is 11.7. The predicted molar refractivity (Wildman–Crippen MR) is 113 cm³/mol. The van der Waals surface area contributed by atoms with E-state index in [0.717, 1.165) is 16.9 Å². The lowest BCUT2D eigenvalue weighted by atomic mass is 10.1. The molecule has 28 heavy (non-hydrogen) atoms. The van der Waals surface area contributed by atoms with Crippen LogP contribution < -0.4 is 4.74 Å². The van der Waals surface area contributed by atoms with Gasteiger partial charge in [0.05, 0.1) is 6.61 Å². The molecule has 0 aromatic heterocycles. The maximum atomic E-state index is 11.9. The summed E-state index contributed by atoms with van der Waals surface area (Å²) in [7, 11) is 0. The minimum absolute atomic E-state index is 0.337. The molecule has 0 amide bonds. The van der Waals surface area contributed by atoms with Gasteiger partial charge in [-0.1, -0.05) is 41.4 Å². The molecule has 1 atom stereocenters. The van der Waals surface area contributed by atoms with Crippen molar-refractivity contribution in [1.29, 1.82) is 0 Å². The molecule has 0 aliphatic heterocycles. The number of hydrogen-bond acceptors (Lipinski definition) is 4. The third-order valence-corrected chi connectivity index (χ3v) is 4.24. The lowest BCUT2D eigenvalue weighted by Gasteiger charge is -2.15. The number of hydrogen-bond donors (Lipinski definition) is 0. The van der Waals surface area contributed by atoms with Crippen molar-refractivity contribution in [2.75, 3.05) is 19.8 Å². The van der Waals surface area contributed by atoms with Crippen LogP contribution in [-0.4, -0.2) is 31.9 Å². The van der Waals surface area contributed by atoms with Gasteiger partial charge >= 0.3 is 5.97 Å². The van der Waals surface area contributed by atoms with Crippen LogP contribution in [0.25, 0.3) is 6.08 Å². The van der Waals surface area contributed by atoms with E-state index in [1.165, 1.54) is 0 Å². The minimum Gasteiger partial charge on any atom is -0.490 e. The van der Waals surface area contributed by atoms with Crippen molar-refractivity contribution in [3.63, 3.8) is 0 Å². The van der Waals surface area contributed by atoms with Crippen molar-refractivity contribution in [2.45, 2.75) is 26.4 Å². The monoisotopic (exact) mass is 422 g/mol. The quantitative estimate of drug-likeness (QED) is 0.467. The molecule has 0 N–H and O–H groups in total. The zero-order valence-electron chi connectivity index (χ0n) is 16.0. The number of esters is 1. The molecule has 4 nitrogen and oxygen atoms in total. The molecule has 0 saturated heterocycles. The SMILES string of the molecule is CCOC(=O)C(Cc1ccc(OC/C=C\c2cc(Cl)cc(Cl)c2)cc1)OCC. The summed E-state index contributed by atoms with van der Waals surface area (Å²) in [6.45, 7) is 4.84. The molecule has 0 aliphatic rings. The van der Waals surface area contributed by atoms with Crippen molar-refractivity contribution >= 4 is 35.2 Å². The summed E-state index contributed by atoms with van der Waals surface area (Å²) in [5.74, 6) is 0.401. The first-order valence-corrected chi connectivity index (χ1v) is 9.90. The van der Waals surface area contributed by atoms with Crippen LogP contribution in [0, 0.1) is 0 Å². The molecule has 0 fully saturated rings. The van der Waals surface area contributed by atoms with Gasteiger partial charge in [0, 0.05) is 23.1 Å². The summed E-state index contributed by atoms with van der Waals surface area (Å²) in [5, 5.41) is 1.19. The first kappa shape index (κ1) is 22.3. The van der Waals surface area contributed by atoms with Gasteiger partial charge < -0.3 is 14.2 Å². The van der Waals surface area contributed by atoms with Gasteiger partial charge in [0.25, 0.3) is 0 Å². The summed E-state index contributed by atoms with van der Waals surface area (Å²) >= 11 is 12.0. The van der Waals surface area contributed by atoms with Crippen LogP contribution in [0.2, 0.25) is 10.0 Å². The molecule has 2 aromatic carbocycles. The Bertz CT molecular complexity index is 767. The van der Waals surface area contributed by atoms with E-state index in [9.17, 15) is 4.79 Å². The Hall–Kier alpha value is -2.01. The summed E-state index contributed by atoms with van der Waals surface area (Å²) in [6.07, 6.45) is 3.66. The third-order valence-electron chi connectivity index (χ3n) is 3.80. The Morgan fingerprint density at radius 2 is 1.71 bits per heavy atom. The Morgan fingerprint density at radius 3 is 2.32 bits per heavy atom. The highest BCUT2D eigenvalue weighted by Gasteiger charge is 2.20. The number of ether oxygens (including phenoxy) is 3. The molecule has 0 bridgehead atoms. The van der Waals surface area contributed by atoms with E-state index in [0.29, 0.717) is 36.3 Å². The van der Waals surface area contributed by atoms with Gasteiger partial charge in [-0.05, 0) is 61.4 Å². The van der Waals surface area contributed by atoms with E-state index < -0.39 is 6.10 Å². The van der Waals surface area contributed by atoms with Crippen molar-refractivity contribution in [3.05, 3.63) is 69.7 Å². The average molecular weight is 423 g/mol. The predicted octanol–water partition coefficient (Wildman–Crippen LogP) is 5.60. The summed E-state index contributed by atoms with van der Waals surface area (Å²) < 4.78 is 16.3. The fraction of sp³-hybridized carbons (Fsp3) is 0.318. The van der Waals surface area contributed by atoms with Crippen LogP contribution in [0.5, 0.6) is 5.75 Å². The third kappa shape index (κ3) is 7.55. The first-order valence-electron chi connectivity index (χ1n) is 9.14. The van der Waals surface area contributed by atoms with E-state index in [4.69, 9.17) is 37.4 Å². The highest BCUT2D eigenvalue weighted by molar-refractivity contribution is 6.34. The van der Waals surface area contributed by atoms with E-state index in [1.54, 1.807) is 13.0 Å². The highest BCUT2D eigenvalue weighted by Crippen LogP contribution is 2.20. The Labute approximate surface area is 176 Å².